The molecule has 1 fully saturated rings. The van der Waals surface area contributed by atoms with Crippen LogP contribution in [0, 0.1) is 0 Å². The van der Waals surface area contributed by atoms with E-state index < -0.39 is 0 Å². The molecule has 2 unspecified atom stereocenters. The van der Waals surface area contributed by atoms with E-state index in [2.05, 4.69) is 36.3 Å². The van der Waals surface area contributed by atoms with Gasteiger partial charge in [0.2, 0.25) is 0 Å². The smallest absolute Gasteiger partial charge is 0.119 e. The Balaban J connectivity index is 2.16. The first kappa shape index (κ1) is 15.3. The van der Waals surface area contributed by atoms with Gasteiger partial charge in [0.25, 0.3) is 0 Å². The summed E-state index contributed by atoms with van der Waals surface area (Å²) in [6, 6.07) is 8.49. The lowest BCUT2D eigenvalue weighted by Crippen LogP contribution is -2.46. The highest BCUT2D eigenvalue weighted by atomic mass is 16.5. The Morgan fingerprint density at radius 3 is 3.05 bits per heavy atom. The van der Waals surface area contributed by atoms with Gasteiger partial charge in [-0.15, -0.1) is 0 Å². The third-order valence-corrected chi connectivity index (χ3v) is 3.74. The number of rotatable bonds is 6. The molecular weight excluding hydrogens is 252 g/mol. The van der Waals surface area contributed by atoms with E-state index in [1.165, 1.54) is 5.56 Å². The number of benzene rings is 1. The topological polar surface area (TPSA) is 33.7 Å². The van der Waals surface area contributed by atoms with Crippen molar-refractivity contribution in [3.63, 3.8) is 0 Å². The molecule has 4 heteroatoms. The molecule has 4 nitrogen and oxygen atoms in total. The second-order valence-electron chi connectivity index (χ2n) is 5.38. The quantitative estimate of drug-likeness (QED) is 0.863. The summed E-state index contributed by atoms with van der Waals surface area (Å²) >= 11 is 0. The van der Waals surface area contributed by atoms with Gasteiger partial charge in [-0.05, 0) is 37.7 Å². The molecule has 0 bridgehead atoms. The number of nitrogens with one attached hydrogen (secondary N) is 1. The number of hydrogen-bond donors (Lipinski definition) is 1. The zero-order valence-corrected chi connectivity index (χ0v) is 12.8. The van der Waals surface area contributed by atoms with Gasteiger partial charge < -0.3 is 19.7 Å². The van der Waals surface area contributed by atoms with Crippen molar-refractivity contribution in [2.45, 2.75) is 25.5 Å². The van der Waals surface area contributed by atoms with Crippen LogP contribution >= 0.6 is 0 Å². The zero-order valence-electron chi connectivity index (χ0n) is 12.8. The standard InChI is InChI=1S/C16H26N2O2/c1-4-8-17-16(15-12-18(2)9-10-20-15)13-6-5-7-14(11-13)19-3/h5-7,11,15-17H,4,8-10,12H2,1-3H3. The van der Waals surface area contributed by atoms with Crippen molar-refractivity contribution in [2.75, 3.05) is 40.4 Å². The molecule has 0 radical (unpaired) electrons. The Morgan fingerprint density at radius 1 is 1.50 bits per heavy atom. The van der Waals surface area contributed by atoms with Crippen LogP contribution in [0.25, 0.3) is 0 Å². The fraction of sp³-hybridized carbons (Fsp3) is 0.625. The van der Waals surface area contributed by atoms with Crippen molar-refractivity contribution >= 4 is 0 Å². The monoisotopic (exact) mass is 278 g/mol. The molecule has 0 spiro atoms. The molecule has 1 N–H and O–H groups in total. The van der Waals surface area contributed by atoms with Gasteiger partial charge in [-0.1, -0.05) is 19.1 Å². The number of methoxy groups -OCH3 is 1. The Morgan fingerprint density at radius 2 is 2.35 bits per heavy atom. The van der Waals surface area contributed by atoms with Crippen molar-refractivity contribution in [3.05, 3.63) is 29.8 Å². The molecule has 1 aliphatic rings. The van der Waals surface area contributed by atoms with Crippen LogP contribution in [0.1, 0.15) is 24.9 Å². The fourth-order valence-corrected chi connectivity index (χ4v) is 2.61. The molecule has 0 aliphatic carbocycles. The van der Waals surface area contributed by atoms with Gasteiger partial charge in [0, 0.05) is 13.1 Å². The largest absolute Gasteiger partial charge is 0.497 e. The summed E-state index contributed by atoms with van der Waals surface area (Å²) in [6.07, 6.45) is 1.30. The van der Waals surface area contributed by atoms with Gasteiger partial charge in [0.15, 0.2) is 0 Å². The molecule has 1 heterocycles. The molecular formula is C16H26N2O2. The van der Waals surface area contributed by atoms with E-state index in [1.54, 1.807) is 7.11 Å². The van der Waals surface area contributed by atoms with E-state index in [1.807, 2.05) is 12.1 Å². The maximum absolute atomic E-state index is 5.99. The van der Waals surface area contributed by atoms with Gasteiger partial charge in [0.05, 0.1) is 25.9 Å². The molecule has 1 saturated heterocycles. The van der Waals surface area contributed by atoms with E-state index >= 15 is 0 Å². The van der Waals surface area contributed by atoms with Gasteiger partial charge in [-0.3, -0.25) is 0 Å². The summed E-state index contributed by atoms with van der Waals surface area (Å²) in [4.78, 5) is 2.33. The molecule has 20 heavy (non-hydrogen) atoms. The number of likely N-dealkylation sites (N-methyl/N-ethyl adjacent to an activating group) is 1. The maximum atomic E-state index is 5.99. The number of hydrogen-bond acceptors (Lipinski definition) is 4. The average molecular weight is 278 g/mol. The molecule has 0 amide bonds. The van der Waals surface area contributed by atoms with Crippen LogP contribution in [-0.4, -0.2) is 51.4 Å². The van der Waals surface area contributed by atoms with E-state index in [4.69, 9.17) is 9.47 Å². The lowest BCUT2D eigenvalue weighted by molar-refractivity contribution is -0.0392. The van der Waals surface area contributed by atoms with Crippen LogP contribution in [0.3, 0.4) is 0 Å². The van der Waals surface area contributed by atoms with Crippen LogP contribution in [0.2, 0.25) is 0 Å². The highest BCUT2D eigenvalue weighted by Crippen LogP contribution is 2.25. The zero-order chi connectivity index (χ0) is 14.4. The Hall–Kier alpha value is -1.10. The second kappa shape index (κ2) is 7.62. The lowest BCUT2D eigenvalue weighted by atomic mass is 9.99. The Bertz CT molecular complexity index is 411. The summed E-state index contributed by atoms with van der Waals surface area (Å²) in [7, 11) is 3.86. The first-order valence-corrected chi connectivity index (χ1v) is 7.42. The highest BCUT2D eigenvalue weighted by molar-refractivity contribution is 5.31. The number of ether oxygens (including phenoxy) is 2. The van der Waals surface area contributed by atoms with Gasteiger partial charge in [-0.25, -0.2) is 0 Å². The molecule has 0 saturated carbocycles. The van der Waals surface area contributed by atoms with E-state index in [-0.39, 0.29) is 12.1 Å². The summed E-state index contributed by atoms with van der Waals surface area (Å²) in [5.74, 6) is 0.898. The minimum atomic E-state index is 0.187. The number of nitrogens with zero attached hydrogens (tertiary/aromatic N) is 1. The first-order valence-electron chi connectivity index (χ1n) is 7.42. The van der Waals surface area contributed by atoms with Crippen LogP contribution in [0.15, 0.2) is 24.3 Å². The van der Waals surface area contributed by atoms with E-state index in [9.17, 15) is 0 Å². The summed E-state index contributed by atoms with van der Waals surface area (Å²) < 4.78 is 11.3. The van der Waals surface area contributed by atoms with Crippen molar-refractivity contribution in [3.8, 4) is 5.75 Å². The van der Waals surface area contributed by atoms with Crippen LogP contribution in [0.4, 0.5) is 0 Å². The van der Waals surface area contributed by atoms with Crippen LogP contribution < -0.4 is 10.1 Å². The maximum Gasteiger partial charge on any atom is 0.119 e. The SMILES string of the molecule is CCCNC(c1cccc(OC)c1)C1CN(C)CCO1. The van der Waals surface area contributed by atoms with Crippen LogP contribution in [-0.2, 0) is 4.74 Å². The van der Waals surface area contributed by atoms with Gasteiger partial charge >= 0.3 is 0 Å². The Labute approximate surface area is 122 Å². The molecule has 2 rings (SSSR count). The fourth-order valence-electron chi connectivity index (χ4n) is 2.61. The van der Waals surface area contributed by atoms with E-state index in [0.29, 0.717) is 0 Å². The van der Waals surface area contributed by atoms with Crippen molar-refractivity contribution in [1.29, 1.82) is 0 Å². The first-order chi connectivity index (χ1) is 9.74. The number of morpholine rings is 1. The molecule has 2 atom stereocenters. The average Bonchev–Trinajstić information content (AvgIpc) is 2.48. The molecule has 0 aromatic heterocycles. The summed E-state index contributed by atoms with van der Waals surface area (Å²) in [5.41, 5.74) is 1.23. The normalized spacial score (nSPS) is 21.6. The minimum absolute atomic E-state index is 0.187. The second-order valence-corrected chi connectivity index (χ2v) is 5.38. The predicted molar refractivity (Wildman–Crippen MR) is 81.3 cm³/mol. The van der Waals surface area contributed by atoms with E-state index in [0.717, 1.165) is 38.4 Å². The molecule has 112 valence electrons. The van der Waals surface area contributed by atoms with Crippen molar-refractivity contribution in [2.24, 2.45) is 0 Å². The van der Waals surface area contributed by atoms with Gasteiger partial charge in [0.1, 0.15) is 5.75 Å². The highest BCUT2D eigenvalue weighted by Gasteiger charge is 2.27. The van der Waals surface area contributed by atoms with Crippen molar-refractivity contribution < 1.29 is 9.47 Å². The molecule has 1 aromatic rings. The molecule has 1 aromatic carbocycles. The lowest BCUT2D eigenvalue weighted by Gasteiger charge is -2.36. The third-order valence-electron chi connectivity index (χ3n) is 3.74. The Kier molecular flexibility index (Phi) is 5.83. The van der Waals surface area contributed by atoms with Crippen LogP contribution in [0.5, 0.6) is 5.75 Å². The van der Waals surface area contributed by atoms with Crippen molar-refractivity contribution in [1.82, 2.24) is 10.2 Å². The molecule has 1 aliphatic heterocycles. The van der Waals surface area contributed by atoms with Gasteiger partial charge in [-0.2, -0.15) is 0 Å². The third kappa shape index (κ3) is 3.95. The predicted octanol–water partition coefficient (Wildman–Crippen LogP) is 2.07. The summed E-state index contributed by atoms with van der Waals surface area (Å²) in [5, 5.41) is 3.62. The minimum Gasteiger partial charge on any atom is -0.497 e. The summed E-state index contributed by atoms with van der Waals surface area (Å²) in [6.45, 7) is 5.94.